The molecular weight excluding hydrogens is 384 g/mol. The summed E-state index contributed by atoms with van der Waals surface area (Å²) < 4.78 is 0. The van der Waals surface area contributed by atoms with Crippen molar-refractivity contribution in [3.8, 4) is 0 Å². The van der Waals surface area contributed by atoms with Crippen molar-refractivity contribution in [2.24, 2.45) is 0 Å². The van der Waals surface area contributed by atoms with Gasteiger partial charge in [0, 0.05) is 54.1 Å². The Bertz CT molecular complexity index is 844. The number of nitrogens with zero attached hydrogens (tertiary/aromatic N) is 1. The summed E-state index contributed by atoms with van der Waals surface area (Å²) in [5.41, 5.74) is 3.56. The van der Waals surface area contributed by atoms with E-state index in [9.17, 15) is 9.59 Å². The number of benzene rings is 2. The van der Waals surface area contributed by atoms with Crippen molar-refractivity contribution < 1.29 is 9.59 Å². The summed E-state index contributed by atoms with van der Waals surface area (Å²) >= 11 is 2.00. The Balaban J connectivity index is 1.26. The van der Waals surface area contributed by atoms with E-state index in [1.54, 1.807) is 24.3 Å². The van der Waals surface area contributed by atoms with E-state index in [1.807, 2.05) is 11.8 Å². The summed E-state index contributed by atoms with van der Waals surface area (Å²) in [6.07, 6.45) is 2.10. The summed E-state index contributed by atoms with van der Waals surface area (Å²) in [5, 5.41) is 8.61. The fourth-order valence-electron chi connectivity index (χ4n) is 3.22. The number of nitrogens with one attached hydrogen (secondary N) is 3. The van der Waals surface area contributed by atoms with Crippen LogP contribution in [0.25, 0.3) is 0 Å². The summed E-state index contributed by atoms with van der Waals surface area (Å²) in [7, 11) is 0. The molecule has 2 aliphatic rings. The highest BCUT2D eigenvalue weighted by atomic mass is 32.2. The molecule has 0 spiro atoms. The fourth-order valence-corrected chi connectivity index (χ4v) is 4.12. The number of carbonyl (C=O) groups excluding carboxylic acids is 2. The van der Waals surface area contributed by atoms with E-state index in [4.69, 9.17) is 0 Å². The van der Waals surface area contributed by atoms with E-state index < -0.39 is 0 Å². The average Bonchev–Trinajstić information content (AvgIpc) is 3.57. The maximum atomic E-state index is 12.4. The van der Waals surface area contributed by atoms with Crippen LogP contribution in [0.5, 0.6) is 0 Å². The number of rotatable bonds is 6. The summed E-state index contributed by atoms with van der Waals surface area (Å²) in [6.45, 7) is 2.67. The zero-order valence-electron chi connectivity index (χ0n) is 16.3. The summed E-state index contributed by atoms with van der Waals surface area (Å²) in [6, 6.07) is 15.4. The third kappa shape index (κ3) is 5.67. The van der Waals surface area contributed by atoms with Gasteiger partial charge in [0.2, 0.25) is 0 Å². The molecule has 3 amide bonds. The molecule has 3 N–H and O–H groups in total. The number of carbonyl (C=O) groups is 2. The molecule has 2 fully saturated rings. The second-order valence-corrected chi connectivity index (χ2v) is 8.62. The number of amides is 3. The molecule has 1 aliphatic heterocycles. The Kier molecular flexibility index (Phi) is 6.24. The van der Waals surface area contributed by atoms with Gasteiger partial charge < -0.3 is 20.9 Å². The summed E-state index contributed by atoms with van der Waals surface area (Å²) in [5.74, 6) is 2.23. The molecule has 0 bridgehead atoms. The first-order chi connectivity index (χ1) is 14.2. The molecular formula is C22H26N4O2S. The zero-order chi connectivity index (χ0) is 20.1. The molecule has 0 radical (unpaired) electrons. The maximum Gasteiger partial charge on any atom is 0.319 e. The zero-order valence-corrected chi connectivity index (χ0v) is 17.1. The molecule has 152 valence electrons. The first-order valence-corrected chi connectivity index (χ1v) is 11.2. The Morgan fingerprint density at radius 2 is 1.66 bits per heavy atom. The molecule has 2 aromatic rings. The van der Waals surface area contributed by atoms with Gasteiger partial charge in [-0.25, -0.2) is 4.79 Å². The minimum absolute atomic E-state index is 0.129. The van der Waals surface area contributed by atoms with Crippen LogP contribution in [-0.4, -0.2) is 42.6 Å². The Hall–Kier alpha value is -2.67. The molecule has 1 heterocycles. The van der Waals surface area contributed by atoms with Gasteiger partial charge in [-0.2, -0.15) is 11.8 Å². The molecule has 1 saturated heterocycles. The van der Waals surface area contributed by atoms with Gasteiger partial charge in [0.25, 0.3) is 5.91 Å². The Morgan fingerprint density at radius 3 is 2.31 bits per heavy atom. The number of thioether (sulfide) groups is 1. The van der Waals surface area contributed by atoms with E-state index in [2.05, 4.69) is 45.1 Å². The normalized spacial score (nSPS) is 16.2. The van der Waals surface area contributed by atoms with Gasteiger partial charge in [0.15, 0.2) is 0 Å². The molecule has 6 nitrogen and oxygen atoms in total. The van der Waals surface area contributed by atoms with Gasteiger partial charge in [0.1, 0.15) is 0 Å². The number of urea groups is 1. The second kappa shape index (κ2) is 9.22. The van der Waals surface area contributed by atoms with Crippen molar-refractivity contribution in [1.29, 1.82) is 0 Å². The van der Waals surface area contributed by atoms with Crippen LogP contribution in [0.2, 0.25) is 0 Å². The van der Waals surface area contributed by atoms with Crippen LogP contribution in [0, 0.1) is 0 Å². The highest BCUT2D eigenvalue weighted by Gasteiger charge is 2.23. The molecule has 0 aromatic heterocycles. The minimum Gasteiger partial charge on any atom is -0.370 e. The SMILES string of the molecule is O=C(Nc1ccc(C(=O)NCc2ccc(N3CCSCC3)cc2)cc1)NC1CC1. The van der Waals surface area contributed by atoms with E-state index in [0.29, 0.717) is 23.8 Å². The van der Waals surface area contributed by atoms with E-state index in [-0.39, 0.29) is 11.9 Å². The van der Waals surface area contributed by atoms with E-state index >= 15 is 0 Å². The molecule has 0 unspecified atom stereocenters. The molecule has 4 rings (SSSR count). The van der Waals surface area contributed by atoms with Crippen LogP contribution in [0.3, 0.4) is 0 Å². The standard InChI is InChI=1S/C22H26N4O2S/c27-21(17-3-5-18(6-4-17)24-22(28)25-19-7-8-19)23-15-16-1-9-20(10-2-16)26-11-13-29-14-12-26/h1-6,9-10,19H,7-8,11-15H2,(H,23,27)(H2,24,25,28). The number of hydrogen-bond donors (Lipinski definition) is 3. The van der Waals surface area contributed by atoms with Crippen molar-refractivity contribution in [1.82, 2.24) is 10.6 Å². The summed E-state index contributed by atoms with van der Waals surface area (Å²) in [4.78, 5) is 26.6. The Morgan fingerprint density at radius 1 is 0.966 bits per heavy atom. The monoisotopic (exact) mass is 410 g/mol. The van der Waals surface area contributed by atoms with Gasteiger partial charge >= 0.3 is 6.03 Å². The van der Waals surface area contributed by atoms with Crippen molar-refractivity contribution in [2.45, 2.75) is 25.4 Å². The third-order valence-electron chi connectivity index (χ3n) is 5.08. The van der Waals surface area contributed by atoms with Crippen LogP contribution in [0.1, 0.15) is 28.8 Å². The molecule has 0 atom stereocenters. The number of hydrogen-bond acceptors (Lipinski definition) is 4. The maximum absolute atomic E-state index is 12.4. The highest BCUT2D eigenvalue weighted by Crippen LogP contribution is 2.20. The van der Waals surface area contributed by atoms with Crippen molar-refractivity contribution in [2.75, 3.05) is 34.8 Å². The van der Waals surface area contributed by atoms with Crippen LogP contribution in [-0.2, 0) is 6.54 Å². The lowest BCUT2D eigenvalue weighted by Gasteiger charge is -2.28. The quantitative estimate of drug-likeness (QED) is 0.682. The van der Waals surface area contributed by atoms with Gasteiger partial charge in [-0.3, -0.25) is 4.79 Å². The van der Waals surface area contributed by atoms with Gasteiger partial charge in [-0.1, -0.05) is 12.1 Å². The predicted octanol–water partition coefficient (Wildman–Crippen LogP) is 3.45. The van der Waals surface area contributed by atoms with Crippen LogP contribution in [0.4, 0.5) is 16.2 Å². The van der Waals surface area contributed by atoms with Crippen molar-refractivity contribution >= 4 is 35.1 Å². The van der Waals surface area contributed by atoms with E-state index in [1.165, 1.54) is 17.2 Å². The van der Waals surface area contributed by atoms with Crippen molar-refractivity contribution in [3.63, 3.8) is 0 Å². The first-order valence-electron chi connectivity index (χ1n) is 10.0. The highest BCUT2D eigenvalue weighted by molar-refractivity contribution is 7.99. The smallest absolute Gasteiger partial charge is 0.319 e. The number of anilines is 2. The average molecular weight is 411 g/mol. The van der Waals surface area contributed by atoms with Crippen LogP contribution in [0.15, 0.2) is 48.5 Å². The molecule has 7 heteroatoms. The predicted molar refractivity (Wildman–Crippen MR) is 119 cm³/mol. The van der Waals surface area contributed by atoms with Gasteiger partial charge in [-0.05, 0) is 54.8 Å². The van der Waals surface area contributed by atoms with E-state index in [0.717, 1.165) is 31.5 Å². The van der Waals surface area contributed by atoms with Gasteiger partial charge in [0.05, 0.1) is 0 Å². The minimum atomic E-state index is -0.198. The van der Waals surface area contributed by atoms with Crippen molar-refractivity contribution in [3.05, 3.63) is 59.7 Å². The molecule has 29 heavy (non-hydrogen) atoms. The Labute approximate surface area is 175 Å². The molecule has 1 aliphatic carbocycles. The van der Waals surface area contributed by atoms with Crippen LogP contribution < -0.4 is 20.9 Å². The lowest BCUT2D eigenvalue weighted by atomic mass is 10.1. The van der Waals surface area contributed by atoms with Gasteiger partial charge in [-0.15, -0.1) is 0 Å². The topological polar surface area (TPSA) is 73.5 Å². The first kappa shape index (κ1) is 19.6. The largest absolute Gasteiger partial charge is 0.370 e. The lowest BCUT2D eigenvalue weighted by Crippen LogP contribution is -2.32. The van der Waals surface area contributed by atoms with Crippen LogP contribution >= 0.6 is 11.8 Å². The fraction of sp³-hybridized carbons (Fsp3) is 0.364. The third-order valence-corrected chi connectivity index (χ3v) is 6.03. The molecule has 2 aromatic carbocycles. The second-order valence-electron chi connectivity index (χ2n) is 7.40. The lowest BCUT2D eigenvalue weighted by molar-refractivity contribution is 0.0951. The molecule has 1 saturated carbocycles.